The predicted octanol–water partition coefficient (Wildman–Crippen LogP) is 5.41. The molecule has 0 unspecified atom stereocenters. The third-order valence-electron chi connectivity index (χ3n) is 5.86. The number of benzene rings is 2. The molecule has 0 aliphatic carbocycles. The normalized spacial score (nSPS) is 12.0. The van der Waals surface area contributed by atoms with Crippen LogP contribution in [0.3, 0.4) is 0 Å². The number of thiazole rings is 1. The average molecular weight is 508 g/mol. The van der Waals surface area contributed by atoms with Gasteiger partial charge in [-0.25, -0.2) is 13.4 Å². The van der Waals surface area contributed by atoms with Gasteiger partial charge < -0.3 is 9.15 Å². The number of methoxy groups -OCH3 is 1. The van der Waals surface area contributed by atoms with E-state index in [9.17, 15) is 8.42 Å². The highest BCUT2D eigenvalue weighted by Gasteiger charge is 2.26. The summed E-state index contributed by atoms with van der Waals surface area (Å²) in [7, 11) is -2.20. The predicted molar refractivity (Wildman–Crippen MR) is 136 cm³/mol. The van der Waals surface area contributed by atoms with Crippen LogP contribution in [-0.4, -0.2) is 35.8 Å². The number of furan rings is 1. The van der Waals surface area contributed by atoms with Crippen molar-refractivity contribution in [3.63, 3.8) is 0 Å². The number of aryl methyl sites for hydroxylation is 1. The minimum absolute atomic E-state index is 0.146. The Hall–Kier alpha value is -3.40. The van der Waals surface area contributed by atoms with Gasteiger partial charge in [-0.2, -0.15) is 4.31 Å². The third-order valence-corrected chi connectivity index (χ3v) is 8.61. The van der Waals surface area contributed by atoms with E-state index in [4.69, 9.17) is 14.1 Å². The summed E-state index contributed by atoms with van der Waals surface area (Å²) >= 11 is 1.55. The molecule has 0 spiro atoms. The number of rotatable bonds is 9. The summed E-state index contributed by atoms with van der Waals surface area (Å²) in [5.41, 5.74) is 4.16. The van der Waals surface area contributed by atoms with Crippen molar-refractivity contribution in [2.75, 3.05) is 13.7 Å². The maximum atomic E-state index is 13.5. The molecular weight excluding hydrogens is 482 g/mol. The second-order valence-electron chi connectivity index (χ2n) is 8.22. The van der Waals surface area contributed by atoms with E-state index in [1.165, 1.54) is 9.87 Å². The molecule has 0 saturated heterocycles. The summed E-state index contributed by atoms with van der Waals surface area (Å²) < 4.78 is 41.2. The van der Waals surface area contributed by atoms with Crippen LogP contribution in [-0.2, 0) is 23.0 Å². The maximum Gasteiger partial charge on any atom is 0.243 e. The highest BCUT2D eigenvalue weighted by atomic mass is 32.2. The lowest BCUT2D eigenvalue weighted by Crippen LogP contribution is -2.32. The van der Waals surface area contributed by atoms with Gasteiger partial charge in [0, 0.05) is 35.8 Å². The van der Waals surface area contributed by atoms with E-state index in [2.05, 4.69) is 31.2 Å². The summed E-state index contributed by atoms with van der Waals surface area (Å²) in [6.07, 6.45) is 4.09. The molecule has 5 rings (SSSR count). The molecule has 0 amide bonds. The highest BCUT2D eigenvalue weighted by Crippen LogP contribution is 2.26. The van der Waals surface area contributed by atoms with Crippen molar-refractivity contribution in [3.8, 4) is 17.0 Å². The van der Waals surface area contributed by atoms with Gasteiger partial charge in [0.25, 0.3) is 0 Å². The van der Waals surface area contributed by atoms with Gasteiger partial charge in [0.2, 0.25) is 10.0 Å². The Bertz CT molecular complexity index is 1520. The molecule has 0 aliphatic heterocycles. The zero-order valence-electron chi connectivity index (χ0n) is 19.4. The molecule has 0 saturated carbocycles. The van der Waals surface area contributed by atoms with Crippen molar-refractivity contribution in [3.05, 3.63) is 95.5 Å². The molecular formula is C26H25N3O4S2. The quantitative estimate of drug-likeness (QED) is 0.267. The van der Waals surface area contributed by atoms with Crippen LogP contribution in [0.15, 0.2) is 87.8 Å². The molecule has 0 radical (unpaired) electrons. The highest BCUT2D eigenvalue weighted by molar-refractivity contribution is 7.89. The smallest absolute Gasteiger partial charge is 0.243 e. The number of ether oxygens (including phenoxy) is 1. The standard InChI is InChI=1S/C26H25N3O4S2/c1-19-5-7-20(8-6-19)25-17-29-21(18-34-26(29)27-25)13-14-28(16-23-4-3-15-33-23)35(30,31)24-11-9-22(32-2)10-12-24/h3-12,15,17-18H,13-14,16H2,1-2H3. The molecule has 180 valence electrons. The lowest BCUT2D eigenvalue weighted by Gasteiger charge is -2.21. The first kappa shape index (κ1) is 23.3. The summed E-state index contributed by atoms with van der Waals surface area (Å²) in [5.74, 6) is 1.19. The minimum atomic E-state index is -3.75. The number of sulfonamides is 1. The van der Waals surface area contributed by atoms with E-state index in [0.717, 1.165) is 21.9 Å². The van der Waals surface area contributed by atoms with Crippen LogP contribution < -0.4 is 4.74 Å². The Morgan fingerprint density at radius 2 is 1.86 bits per heavy atom. The van der Waals surface area contributed by atoms with Crippen LogP contribution >= 0.6 is 11.3 Å². The van der Waals surface area contributed by atoms with Crippen LogP contribution in [0.4, 0.5) is 0 Å². The molecule has 0 atom stereocenters. The third kappa shape index (κ3) is 4.88. The summed E-state index contributed by atoms with van der Waals surface area (Å²) in [4.78, 5) is 5.85. The van der Waals surface area contributed by atoms with Gasteiger partial charge in [-0.3, -0.25) is 4.40 Å². The van der Waals surface area contributed by atoms with Crippen molar-refractivity contribution >= 4 is 26.3 Å². The summed E-state index contributed by atoms with van der Waals surface area (Å²) in [5, 5.41) is 2.03. The zero-order valence-corrected chi connectivity index (χ0v) is 21.1. The monoisotopic (exact) mass is 507 g/mol. The van der Waals surface area contributed by atoms with Crippen molar-refractivity contribution in [2.45, 2.75) is 24.8 Å². The molecule has 0 N–H and O–H groups in total. The summed E-state index contributed by atoms with van der Waals surface area (Å²) in [6, 6.07) is 18.2. The first-order valence-electron chi connectivity index (χ1n) is 11.1. The number of aromatic nitrogens is 2. The number of nitrogens with zero attached hydrogens (tertiary/aromatic N) is 3. The summed E-state index contributed by atoms with van der Waals surface area (Å²) in [6.45, 7) is 2.49. The van der Waals surface area contributed by atoms with Crippen molar-refractivity contribution in [1.29, 1.82) is 0 Å². The van der Waals surface area contributed by atoms with E-state index in [-0.39, 0.29) is 11.4 Å². The molecule has 5 aromatic rings. The van der Waals surface area contributed by atoms with E-state index in [1.807, 2.05) is 16.0 Å². The van der Waals surface area contributed by atoms with Crippen LogP contribution in [0.1, 0.15) is 17.0 Å². The van der Waals surface area contributed by atoms with Gasteiger partial charge in [0.1, 0.15) is 11.5 Å². The van der Waals surface area contributed by atoms with Gasteiger partial charge in [0.15, 0.2) is 4.96 Å². The molecule has 2 aromatic carbocycles. The lowest BCUT2D eigenvalue weighted by molar-refractivity contribution is 0.364. The van der Waals surface area contributed by atoms with Gasteiger partial charge in [-0.1, -0.05) is 29.8 Å². The minimum Gasteiger partial charge on any atom is -0.497 e. The van der Waals surface area contributed by atoms with E-state index >= 15 is 0 Å². The average Bonchev–Trinajstić information content (AvgIpc) is 3.61. The Labute approximate surface area is 208 Å². The molecule has 0 bridgehead atoms. The Morgan fingerprint density at radius 1 is 1.09 bits per heavy atom. The van der Waals surface area contributed by atoms with Crippen molar-refractivity contribution in [2.24, 2.45) is 0 Å². The molecule has 9 heteroatoms. The molecule has 7 nitrogen and oxygen atoms in total. The van der Waals surface area contributed by atoms with Crippen LogP contribution in [0.5, 0.6) is 5.75 Å². The first-order chi connectivity index (χ1) is 16.9. The molecule has 0 aliphatic rings. The molecule has 3 heterocycles. The Morgan fingerprint density at radius 3 is 2.54 bits per heavy atom. The number of fused-ring (bicyclic) bond motifs is 1. The van der Waals surface area contributed by atoms with Crippen molar-refractivity contribution < 1.29 is 17.6 Å². The zero-order chi connectivity index (χ0) is 24.4. The number of imidazole rings is 1. The Balaban J connectivity index is 1.41. The molecule has 0 fully saturated rings. The first-order valence-corrected chi connectivity index (χ1v) is 13.4. The van der Waals surface area contributed by atoms with Crippen LogP contribution in [0.25, 0.3) is 16.2 Å². The fourth-order valence-electron chi connectivity index (χ4n) is 3.87. The van der Waals surface area contributed by atoms with Crippen molar-refractivity contribution in [1.82, 2.24) is 13.7 Å². The van der Waals surface area contributed by atoms with Crippen LogP contribution in [0.2, 0.25) is 0 Å². The van der Waals surface area contributed by atoms with E-state index in [1.54, 1.807) is 61.1 Å². The van der Waals surface area contributed by atoms with Gasteiger partial charge in [0.05, 0.1) is 30.5 Å². The lowest BCUT2D eigenvalue weighted by atomic mass is 10.1. The Kier molecular flexibility index (Phi) is 6.46. The SMILES string of the molecule is COc1ccc(S(=O)(=O)N(CCc2csc3nc(-c4ccc(C)cc4)cn23)Cc2ccco2)cc1. The number of hydrogen-bond acceptors (Lipinski definition) is 6. The molecule has 35 heavy (non-hydrogen) atoms. The second-order valence-corrected chi connectivity index (χ2v) is 11.0. The van der Waals surface area contributed by atoms with E-state index in [0.29, 0.717) is 24.5 Å². The topological polar surface area (TPSA) is 77.1 Å². The second kappa shape index (κ2) is 9.69. The fraction of sp³-hybridized carbons (Fsp3) is 0.192. The maximum absolute atomic E-state index is 13.5. The van der Waals surface area contributed by atoms with Gasteiger partial charge in [-0.15, -0.1) is 11.3 Å². The molecule has 3 aromatic heterocycles. The van der Waals surface area contributed by atoms with Crippen LogP contribution in [0, 0.1) is 6.92 Å². The van der Waals surface area contributed by atoms with Gasteiger partial charge in [-0.05, 0) is 43.3 Å². The van der Waals surface area contributed by atoms with Gasteiger partial charge >= 0.3 is 0 Å². The van der Waals surface area contributed by atoms with E-state index < -0.39 is 10.0 Å². The fourth-order valence-corrected chi connectivity index (χ4v) is 6.18. The largest absolute Gasteiger partial charge is 0.497 e. The number of hydrogen-bond donors (Lipinski definition) is 0.